The number of aromatic nitrogens is 5. The topological polar surface area (TPSA) is 210 Å². The minimum Gasteiger partial charge on any atom is -0.444 e. The molecule has 2 atom stereocenters. The zero-order valence-corrected chi connectivity index (χ0v) is 31.1. The number of nitrogens with zero attached hydrogens (tertiary/aromatic N) is 5. The number of hydrogen-bond donors (Lipinski definition) is 4. The predicted octanol–water partition coefficient (Wildman–Crippen LogP) is 4.88. The van der Waals surface area contributed by atoms with E-state index in [0.717, 1.165) is 30.7 Å². The van der Waals surface area contributed by atoms with Crippen molar-refractivity contribution >= 4 is 37.0 Å². The Balaban J connectivity index is 1.09. The number of fused-ring (bicyclic) bond motifs is 1. The molecule has 2 bridgehead atoms. The van der Waals surface area contributed by atoms with Crippen molar-refractivity contribution in [3.63, 3.8) is 0 Å². The first-order valence-corrected chi connectivity index (χ1v) is 18.9. The number of aryl methyl sites for hydroxylation is 2. The predicted molar refractivity (Wildman–Crippen MR) is 188 cm³/mol. The van der Waals surface area contributed by atoms with Crippen molar-refractivity contribution in [2.24, 2.45) is 5.92 Å². The SMILES string of the molecule is COCc1cc2c(Nc3cc([C@H]4C[C@@H](OC(=O)NC56CC(C5)C6)CO4)nn3COC(=O)CC(C)(C)c3c(C)cc(C)cc3OP(=O)(O)O)nccn2n1. The lowest BCUT2D eigenvalue weighted by atomic mass is 9.50. The number of methoxy groups -OCH3 is 1. The van der Waals surface area contributed by atoms with Crippen molar-refractivity contribution in [2.45, 2.75) is 96.3 Å². The average Bonchev–Trinajstić information content (AvgIpc) is 3.75. The molecule has 3 aliphatic carbocycles. The van der Waals surface area contributed by atoms with Gasteiger partial charge in [0.05, 0.1) is 31.0 Å². The minimum absolute atomic E-state index is 0.00257. The number of amides is 1. The molecule has 4 aromatic rings. The Morgan fingerprint density at radius 1 is 1.13 bits per heavy atom. The summed E-state index contributed by atoms with van der Waals surface area (Å²) in [7, 11) is -3.29. The van der Waals surface area contributed by atoms with Crippen LogP contribution < -0.4 is 15.2 Å². The van der Waals surface area contributed by atoms with Gasteiger partial charge in [-0.1, -0.05) is 19.9 Å². The number of esters is 1. The molecule has 53 heavy (non-hydrogen) atoms. The van der Waals surface area contributed by atoms with E-state index in [0.29, 0.717) is 52.7 Å². The first kappa shape index (κ1) is 36.8. The monoisotopic (exact) mass is 753 g/mol. The number of benzene rings is 1. The summed E-state index contributed by atoms with van der Waals surface area (Å²) in [6, 6.07) is 7.01. The summed E-state index contributed by atoms with van der Waals surface area (Å²) in [5.74, 6) is 1.06. The summed E-state index contributed by atoms with van der Waals surface area (Å²) in [4.78, 5) is 49.7. The molecule has 8 rings (SSSR count). The lowest BCUT2D eigenvalue weighted by Crippen LogP contribution is -2.68. The van der Waals surface area contributed by atoms with Gasteiger partial charge in [0.2, 0.25) is 0 Å². The third-order valence-corrected chi connectivity index (χ3v) is 10.5. The van der Waals surface area contributed by atoms with Crippen LogP contribution in [-0.4, -0.2) is 71.6 Å². The normalized spacial score (nSPS) is 22.2. The Hall–Kier alpha value is -4.54. The van der Waals surface area contributed by atoms with Crippen LogP contribution in [0.4, 0.5) is 16.4 Å². The smallest absolute Gasteiger partial charge is 0.444 e. The molecule has 3 saturated carbocycles. The van der Waals surface area contributed by atoms with Gasteiger partial charge in [-0.15, -0.1) is 0 Å². The van der Waals surface area contributed by atoms with E-state index >= 15 is 0 Å². The first-order chi connectivity index (χ1) is 25.1. The second-order valence-corrected chi connectivity index (χ2v) is 16.1. The van der Waals surface area contributed by atoms with Crippen molar-refractivity contribution in [3.05, 3.63) is 64.7 Å². The van der Waals surface area contributed by atoms with Crippen LogP contribution in [0.15, 0.2) is 36.7 Å². The van der Waals surface area contributed by atoms with Gasteiger partial charge in [-0.25, -0.2) is 23.5 Å². The molecule has 18 heteroatoms. The van der Waals surface area contributed by atoms with E-state index in [-0.39, 0.29) is 31.0 Å². The van der Waals surface area contributed by atoms with E-state index in [9.17, 15) is 23.9 Å². The fraction of sp³-hybridized carbons (Fsp3) is 0.514. The molecule has 1 saturated heterocycles. The maximum atomic E-state index is 13.4. The van der Waals surface area contributed by atoms with Crippen LogP contribution >= 0.6 is 7.82 Å². The number of alkyl carbamates (subject to hydrolysis) is 1. The highest BCUT2D eigenvalue weighted by Crippen LogP contribution is 2.57. The molecule has 3 aromatic heterocycles. The van der Waals surface area contributed by atoms with Gasteiger partial charge in [-0.2, -0.15) is 10.2 Å². The second kappa shape index (κ2) is 14.0. The molecule has 17 nitrogen and oxygen atoms in total. The average molecular weight is 754 g/mol. The molecule has 0 unspecified atom stereocenters. The third kappa shape index (κ3) is 8.04. The first-order valence-electron chi connectivity index (χ1n) is 17.4. The lowest BCUT2D eigenvalue weighted by molar-refractivity contribution is -0.149. The number of phosphoric ester groups is 1. The molecule has 284 valence electrons. The number of hydrogen-bond acceptors (Lipinski definition) is 12. The molecule has 0 spiro atoms. The Morgan fingerprint density at radius 3 is 2.60 bits per heavy atom. The van der Waals surface area contributed by atoms with Crippen LogP contribution in [-0.2, 0) is 47.1 Å². The zero-order valence-electron chi connectivity index (χ0n) is 30.2. The number of anilines is 2. The number of phosphoric acid groups is 1. The van der Waals surface area contributed by atoms with Gasteiger partial charge in [0.1, 0.15) is 29.3 Å². The van der Waals surface area contributed by atoms with Crippen LogP contribution in [0.3, 0.4) is 0 Å². The Labute approximate surface area is 305 Å². The van der Waals surface area contributed by atoms with Gasteiger partial charge in [0.15, 0.2) is 12.5 Å². The van der Waals surface area contributed by atoms with Crippen molar-refractivity contribution in [1.29, 1.82) is 0 Å². The number of rotatable bonds is 14. The van der Waals surface area contributed by atoms with Crippen LogP contribution in [0.1, 0.15) is 80.1 Å². The van der Waals surface area contributed by atoms with Crippen LogP contribution in [0.2, 0.25) is 0 Å². The molecular weight excluding hydrogens is 709 g/mol. The summed E-state index contributed by atoms with van der Waals surface area (Å²) in [5.41, 5.74) is 2.82. The largest absolute Gasteiger partial charge is 0.524 e. The zero-order chi connectivity index (χ0) is 37.7. The molecule has 4 aliphatic rings. The molecule has 0 radical (unpaired) electrons. The van der Waals surface area contributed by atoms with E-state index in [2.05, 4.69) is 20.7 Å². The summed E-state index contributed by atoms with van der Waals surface area (Å²) in [6.07, 6.45) is 5.20. The van der Waals surface area contributed by atoms with Gasteiger partial charge in [-0.05, 0) is 62.3 Å². The highest BCUT2D eigenvalue weighted by Gasteiger charge is 2.57. The van der Waals surface area contributed by atoms with Gasteiger partial charge in [0, 0.05) is 48.5 Å². The van der Waals surface area contributed by atoms with E-state index in [4.69, 9.17) is 28.6 Å². The minimum atomic E-state index is -4.88. The molecule has 4 heterocycles. The van der Waals surface area contributed by atoms with Gasteiger partial charge < -0.3 is 34.1 Å². The Bertz CT molecular complexity index is 2070. The van der Waals surface area contributed by atoms with Crippen molar-refractivity contribution in [1.82, 2.24) is 29.7 Å². The van der Waals surface area contributed by atoms with E-state index in [1.54, 1.807) is 57.8 Å². The molecule has 1 aliphatic heterocycles. The van der Waals surface area contributed by atoms with Crippen LogP contribution in [0, 0.1) is 19.8 Å². The van der Waals surface area contributed by atoms with Gasteiger partial charge >= 0.3 is 19.9 Å². The standard InChI is InChI=1S/C35H44N7O10P/c1-20-8-21(2)31(28(9-20)52-53(45,46)47)34(3,4)16-30(43)50-19-42-29(37-32-26-10-23(17-48-5)39-41(26)7-6-36-32)12-25(40-42)27-11-24(18-49-27)51-33(44)38-35-13-22(14-35)15-35/h6-10,12,22,24,27H,11,13-19H2,1-5H3,(H,36,37)(H,38,44)(H2,45,46,47)/t22?,24-,27-,35?/m1/s1. The van der Waals surface area contributed by atoms with Gasteiger partial charge in [0.25, 0.3) is 0 Å². The lowest BCUT2D eigenvalue weighted by Gasteiger charge is -2.61. The van der Waals surface area contributed by atoms with E-state index in [1.807, 2.05) is 12.1 Å². The fourth-order valence-electron chi connectivity index (χ4n) is 7.75. The van der Waals surface area contributed by atoms with E-state index in [1.165, 1.54) is 10.7 Å². The second-order valence-electron chi connectivity index (χ2n) is 15.0. The maximum Gasteiger partial charge on any atom is 0.524 e. The summed E-state index contributed by atoms with van der Waals surface area (Å²) < 4.78 is 42.7. The number of carbonyl (C=O) groups excluding carboxylic acids is 2. The molecule has 1 amide bonds. The van der Waals surface area contributed by atoms with Crippen LogP contribution in [0.25, 0.3) is 5.52 Å². The third-order valence-electron chi connectivity index (χ3n) is 10.0. The van der Waals surface area contributed by atoms with E-state index < -0.39 is 37.5 Å². The quantitative estimate of drug-likeness (QED) is 0.1000. The maximum absolute atomic E-state index is 13.4. The Morgan fingerprint density at radius 2 is 1.91 bits per heavy atom. The van der Waals surface area contributed by atoms with Crippen LogP contribution in [0.5, 0.6) is 5.75 Å². The van der Waals surface area contributed by atoms with Crippen molar-refractivity contribution in [2.75, 3.05) is 19.0 Å². The number of ether oxygens (including phenoxy) is 4. The molecular formula is C35H44N7O10P. The molecule has 4 N–H and O–H groups in total. The number of carbonyl (C=O) groups is 2. The fourth-order valence-corrected chi connectivity index (χ4v) is 8.15. The van der Waals surface area contributed by atoms with Crippen molar-refractivity contribution < 1.29 is 47.4 Å². The highest BCUT2D eigenvalue weighted by molar-refractivity contribution is 7.46. The summed E-state index contributed by atoms with van der Waals surface area (Å²) >= 11 is 0. The highest BCUT2D eigenvalue weighted by atomic mass is 31.2. The Kier molecular flexibility index (Phi) is 9.74. The summed E-state index contributed by atoms with van der Waals surface area (Å²) in [5, 5.41) is 15.6. The van der Waals surface area contributed by atoms with Crippen molar-refractivity contribution in [3.8, 4) is 5.75 Å². The van der Waals surface area contributed by atoms with Gasteiger partial charge in [-0.3, -0.25) is 14.6 Å². The number of nitrogens with one attached hydrogen (secondary N) is 2. The summed E-state index contributed by atoms with van der Waals surface area (Å²) in [6.45, 7) is 7.36. The molecule has 4 fully saturated rings. The molecule has 1 aromatic carbocycles.